The number of ether oxygens (including phenoxy) is 1. The fourth-order valence-electron chi connectivity index (χ4n) is 2.35. The number of nitrogens with one attached hydrogen (secondary N) is 2. The molecule has 2 aromatic rings. The van der Waals surface area contributed by atoms with Gasteiger partial charge >= 0.3 is 6.09 Å². The van der Waals surface area contributed by atoms with E-state index in [2.05, 4.69) is 10.6 Å². The van der Waals surface area contributed by atoms with E-state index in [-0.39, 0.29) is 5.91 Å². The molecule has 0 bridgehead atoms. The molecule has 0 heterocycles. The second-order valence-electron chi connectivity index (χ2n) is 7.00. The van der Waals surface area contributed by atoms with Gasteiger partial charge in [0.15, 0.2) is 0 Å². The minimum Gasteiger partial charge on any atom is -0.444 e. The van der Waals surface area contributed by atoms with Crippen LogP contribution in [0, 0.1) is 0 Å². The molecule has 0 saturated heterocycles. The highest BCUT2D eigenvalue weighted by Crippen LogP contribution is 2.10. The molecule has 0 aliphatic carbocycles. The number of alkyl carbamates (subject to hydrolysis) is 1. The molecule has 0 unspecified atom stereocenters. The van der Waals surface area contributed by atoms with E-state index in [1.165, 1.54) is 0 Å². The molecule has 1 atom stereocenters. The van der Waals surface area contributed by atoms with E-state index in [1.807, 2.05) is 30.3 Å². The van der Waals surface area contributed by atoms with Crippen molar-refractivity contribution in [1.29, 1.82) is 0 Å². The summed E-state index contributed by atoms with van der Waals surface area (Å²) in [6.07, 6.45) is -0.296. The first-order valence-electron chi connectivity index (χ1n) is 8.43. The van der Waals surface area contributed by atoms with E-state index < -0.39 is 17.7 Å². The second-order valence-corrected chi connectivity index (χ2v) is 7.00. The molecule has 0 fully saturated rings. The lowest BCUT2D eigenvalue weighted by Crippen LogP contribution is -2.47. The zero-order valence-corrected chi connectivity index (χ0v) is 15.3. The maximum absolute atomic E-state index is 12.7. The molecular formula is C20H23BN2O3. The molecule has 2 rings (SSSR count). The van der Waals surface area contributed by atoms with Crippen LogP contribution in [0.4, 0.5) is 10.5 Å². The third kappa shape index (κ3) is 6.63. The van der Waals surface area contributed by atoms with E-state index in [4.69, 9.17) is 12.6 Å². The summed E-state index contributed by atoms with van der Waals surface area (Å²) in [7, 11) is 5.74. The summed E-state index contributed by atoms with van der Waals surface area (Å²) in [5, 5.41) is 5.43. The van der Waals surface area contributed by atoms with Gasteiger partial charge in [0.25, 0.3) is 0 Å². The Balaban J connectivity index is 2.13. The van der Waals surface area contributed by atoms with E-state index in [0.717, 1.165) is 5.56 Å². The number of anilines is 1. The number of hydrogen-bond acceptors (Lipinski definition) is 3. The van der Waals surface area contributed by atoms with Gasteiger partial charge in [-0.3, -0.25) is 4.79 Å². The topological polar surface area (TPSA) is 67.4 Å². The molecule has 2 radical (unpaired) electrons. The lowest BCUT2D eigenvalue weighted by molar-refractivity contribution is -0.118. The summed E-state index contributed by atoms with van der Waals surface area (Å²) < 4.78 is 5.28. The summed E-state index contributed by atoms with van der Waals surface area (Å²) in [5.74, 6) is -0.342. The Labute approximate surface area is 155 Å². The smallest absolute Gasteiger partial charge is 0.408 e. The number of carbonyl (C=O) groups excluding carboxylic acids is 2. The highest BCUT2D eigenvalue weighted by atomic mass is 16.6. The van der Waals surface area contributed by atoms with Crippen molar-refractivity contribution in [3.63, 3.8) is 0 Å². The maximum Gasteiger partial charge on any atom is 0.408 e. The molecule has 6 heteroatoms. The van der Waals surface area contributed by atoms with Crippen LogP contribution in [-0.2, 0) is 16.0 Å². The summed E-state index contributed by atoms with van der Waals surface area (Å²) >= 11 is 0. The zero-order chi connectivity index (χ0) is 19.2. The van der Waals surface area contributed by atoms with Crippen LogP contribution in [0.25, 0.3) is 0 Å². The monoisotopic (exact) mass is 350 g/mol. The largest absolute Gasteiger partial charge is 0.444 e. The zero-order valence-electron chi connectivity index (χ0n) is 15.3. The summed E-state index contributed by atoms with van der Waals surface area (Å²) in [4.78, 5) is 24.8. The van der Waals surface area contributed by atoms with Gasteiger partial charge in [-0.1, -0.05) is 47.9 Å². The quantitative estimate of drug-likeness (QED) is 0.815. The Morgan fingerprint density at radius 2 is 1.77 bits per heavy atom. The van der Waals surface area contributed by atoms with Crippen LogP contribution < -0.4 is 16.1 Å². The first-order valence-corrected chi connectivity index (χ1v) is 8.43. The predicted octanol–water partition coefficient (Wildman–Crippen LogP) is 2.55. The van der Waals surface area contributed by atoms with Gasteiger partial charge in [0.05, 0.1) is 0 Å². The fraction of sp³-hybridized carbons (Fsp3) is 0.300. The number of hydrogen-bond donors (Lipinski definition) is 2. The van der Waals surface area contributed by atoms with Crippen molar-refractivity contribution in [3.05, 3.63) is 60.2 Å². The van der Waals surface area contributed by atoms with E-state index in [9.17, 15) is 9.59 Å². The first kappa shape index (κ1) is 19.6. The van der Waals surface area contributed by atoms with Crippen molar-refractivity contribution < 1.29 is 14.3 Å². The van der Waals surface area contributed by atoms with Crippen LogP contribution >= 0.6 is 0 Å². The normalized spacial score (nSPS) is 12.1. The van der Waals surface area contributed by atoms with E-state index in [1.54, 1.807) is 45.0 Å². The molecule has 2 aromatic carbocycles. The standard InChI is InChI=1S/C20H23BN2O3/c1-20(2,3)26-19(25)23-17(12-14-8-5-4-6-9-14)18(24)22-16-11-7-10-15(21)13-16/h4-11,13,17H,12H2,1-3H3,(H,22,24)(H,23,25)/t17-/m0/s1. The van der Waals surface area contributed by atoms with Crippen LogP contribution in [0.3, 0.4) is 0 Å². The van der Waals surface area contributed by atoms with Crippen LogP contribution in [-0.4, -0.2) is 31.5 Å². The Hall–Kier alpha value is -2.76. The molecule has 0 saturated carbocycles. The van der Waals surface area contributed by atoms with E-state index >= 15 is 0 Å². The molecule has 0 aliphatic rings. The van der Waals surface area contributed by atoms with E-state index in [0.29, 0.717) is 17.6 Å². The molecule has 2 amide bonds. The third-order valence-electron chi connectivity index (χ3n) is 3.44. The van der Waals surface area contributed by atoms with Gasteiger partial charge in [0.2, 0.25) is 5.91 Å². The highest BCUT2D eigenvalue weighted by Gasteiger charge is 2.24. The molecule has 0 aromatic heterocycles. The van der Waals surface area contributed by atoms with Gasteiger partial charge in [-0.25, -0.2) is 4.79 Å². The molecule has 26 heavy (non-hydrogen) atoms. The molecule has 0 aliphatic heterocycles. The van der Waals surface area contributed by atoms with Gasteiger partial charge in [-0.05, 0) is 38.5 Å². The van der Waals surface area contributed by atoms with Crippen LogP contribution in [0.1, 0.15) is 26.3 Å². The average molecular weight is 350 g/mol. The molecular weight excluding hydrogens is 327 g/mol. The SMILES string of the molecule is [B]c1cccc(NC(=O)[C@H](Cc2ccccc2)NC(=O)OC(C)(C)C)c1. The average Bonchev–Trinajstić information content (AvgIpc) is 2.53. The lowest BCUT2D eigenvalue weighted by Gasteiger charge is -2.23. The summed E-state index contributed by atoms with van der Waals surface area (Å²) in [6, 6.07) is 15.6. The van der Waals surface area contributed by atoms with Crippen LogP contribution in [0.2, 0.25) is 0 Å². The predicted molar refractivity (Wildman–Crippen MR) is 104 cm³/mol. The molecule has 0 spiro atoms. The third-order valence-corrected chi connectivity index (χ3v) is 3.44. The Morgan fingerprint density at radius 1 is 1.08 bits per heavy atom. The molecule has 5 nitrogen and oxygen atoms in total. The van der Waals surface area contributed by atoms with Crippen molar-refractivity contribution in [1.82, 2.24) is 5.32 Å². The van der Waals surface area contributed by atoms with Gasteiger partial charge in [0.1, 0.15) is 19.5 Å². The molecule has 2 N–H and O–H groups in total. The summed E-state index contributed by atoms with van der Waals surface area (Å²) in [6.45, 7) is 5.31. The number of carbonyl (C=O) groups is 2. The van der Waals surface area contributed by atoms with Crippen molar-refractivity contribution in [2.75, 3.05) is 5.32 Å². The van der Waals surface area contributed by atoms with Crippen molar-refractivity contribution in [2.24, 2.45) is 0 Å². The Kier molecular flexibility index (Phi) is 6.44. The lowest BCUT2D eigenvalue weighted by atomic mass is 9.96. The van der Waals surface area contributed by atoms with Gasteiger partial charge in [-0.15, -0.1) is 0 Å². The van der Waals surface area contributed by atoms with Crippen LogP contribution in [0.5, 0.6) is 0 Å². The summed E-state index contributed by atoms with van der Waals surface area (Å²) in [5.41, 5.74) is 1.39. The number of rotatable bonds is 5. The Morgan fingerprint density at radius 3 is 2.38 bits per heavy atom. The Bertz CT molecular complexity index is 757. The van der Waals surface area contributed by atoms with Crippen molar-refractivity contribution in [3.8, 4) is 0 Å². The second kappa shape index (κ2) is 8.56. The maximum atomic E-state index is 12.7. The minimum absolute atomic E-state index is 0.341. The minimum atomic E-state index is -0.784. The van der Waals surface area contributed by atoms with Gasteiger partial charge in [-0.2, -0.15) is 0 Å². The highest BCUT2D eigenvalue weighted by molar-refractivity contribution is 6.32. The van der Waals surface area contributed by atoms with Gasteiger partial charge in [0, 0.05) is 12.1 Å². The number of benzene rings is 2. The molecule has 134 valence electrons. The first-order chi connectivity index (χ1) is 12.2. The van der Waals surface area contributed by atoms with Crippen molar-refractivity contribution in [2.45, 2.75) is 38.8 Å². The fourth-order valence-corrected chi connectivity index (χ4v) is 2.35. The van der Waals surface area contributed by atoms with Gasteiger partial charge < -0.3 is 15.4 Å². The number of amides is 2. The van der Waals surface area contributed by atoms with Crippen molar-refractivity contribution >= 4 is 31.0 Å². The van der Waals surface area contributed by atoms with Crippen LogP contribution in [0.15, 0.2) is 54.6 Å².